The Hall–Kier alpha value is -1.96. The van der Waals surface area contributed by atoms with Gasteiger partial charge >= 0.3 is 0 Å². The number of nitrogens with two attached hydrogens (primary N) is 1. The molecular weight excluding hydrogens is 373 g/mol. The minimum atomic E-state index is -0.473. The van der Waals surface area contributed by atoms with Crippen LogP contribution in [0.3, 0.4) is 0 Å². The maximum absolute atomic E-state index is 12.2. The third-order valence-electron chi connectivity index (χ3n) is 3.08. The van der Waals surface area contributed by atoms with Crippen LogP contribution < -0.4 is 11.1 Å². The summed E-state index contributed by atoms with van der Waals surface area (Å²) < 4.78 is 0. The summed E-state index contributed by atoms with van der Waals surface area (Å²) in [6.45, 7) is 1.72. The second kappa shape index (κ2) is 7.74. The lowest BCUT2D eigenvalue weighted by molar-refractivity contribution is -0.384. The molecule has 2 rings (SSSR count). The van der Waals surface area contributed by atoms with Crippen molar-refractivity contribution in [2.75, 3.05) is 11.1 Å². The Balaban J connectivity index is 2.03. The van der Waals surface area contributed by atoms with E-state index in [1.54, 1.807) is 19.1 Å². The van der Waals surface area contributed by atoms with Gasteiger partial charge in [-0.3, -0.25) is 14.9 Å². The topological polar surface area (TPSA) is 98.3 Å². The van der Waals surface area contributed by atoms with Gasteiger partial charge in [0.15, 0.2) is 0 Å². The molecule has 0 saturated heterocycles. The third kappa shape index (κ3) is 4.53. The zero-order valence-electron chi connectivity index (χ0n) is 12.5. The Morgan fingerprint density at radius 3 is 2.29 bits per heavy atom. The lowest BCUT2D eigenvalue weighted by Crippen LogP contribution is -2.22. The zero-order chi connectivity index (χ0) is 17.9. The molecule has 0 aliphatic heterocycles. The number of thioether (sulfide) groups is 1. The quantitative estimate of drug-likeness (QED) is 0.339. The Labute approximate surface area is 152 Å². The van der Waals surface area contributed by atoms with Crippen molar-refractivity contribution in [2.24, 2.45) is 0 Å². The lowest BCUT2D eigenvalue weighted by atomic mass is 10.2. The van der Waals surface area contributed by atoms with Crippen LogP contribution in [0.5, 0.6) is 0 Å². The number of halogens is 2. The van der Waals surface area contributed by atoms with Crippen LogP contribution in [-0.4, -0.2) is 16.1 Å². The number of anilines is 2. The van der Waals surface area contributed by atoms with Gasteiger partial charge in [-0.15, -0.1) is 11.8 Å². The first-order valence-electron chi connectivity index (χ1n) is 6.74. The average Bonchev–Trinajstić information content (AvgIpc) is 2.52. The molecule has 0 aliphatic rings. The van der Waals surface area contributed by atoms with E-state index in [2.05, 4.69) is 5.32 Å². The number of nitrogens with zero attached hydrogens (tertiary/aromatic N) is 1. The second-order valence-corrected chi connectivity index (χ2v) is 7.08. The molecule has 1 unspecified atom stereocenters. The smallest absolute Gasteiger partial charge is 0.269 e. The van der Waals surface area contributed by atoms with Crippen molar-refractivity contribution in [2.45, 2.75) is 17.1 Å². The summed E-state index contributed by atoms with van der Waals surface area (Å²) >= 11 is 13.1. The van der Waals surface area contributed by atoms with Crippen LogP contribution in [-0.2, 0) is 4.79 Å². The van der Waals surface area contributed by atoms with Gasteiger partial charge in [0.25, 0.3) is 5.69 Å². The number of benzene rings is 2. The monoisotopic (exact) mass is 385 g/mol. The van der Waals surface area contributed by atoms with Gasteiger partial charge in [0.2, 0.25) is 5.91 Å². The van der Waals surface area contributed by atoms with E-state index in [1.165, 1.54) is 36.0 Å². The maximum Gasteiger partial charge on any atom is 0.269 e. The van der Waals surface area contributed by atoms with E-state index in [1.807, 2.05) is 0 Å². The van der Waals surface area contributed by atoms with Crippen molar-refractivity contribution >= 4 is 57.9 Å². The number of amides is 1. The van der Waals surface area contributed by atoms with Crippen molar-refractivity contribution in [1.82, 2.24) is 0 Å². The molecule has 9 heteroatoms. The van der Waals surface area contributed by atoms with Gasteiger partial charge in [-0.1, -0.05) is 23.2 Å². The van der Waals surface area contributed by atoms with Crippen LogP contribution >= 0.6 is 35.0 Å². The molecule has 6 nitrogen and oxygen atoms in total. The number of nitrogens with one attached hydrogen (secondary N) is 1. The van der Waals surface area contributed by atoms with E-state index in [0.717, 1.165) is 4.90 Å². The molecule has 0 fully saturated rings. The summed E-state index contributed by atoms with van der Waals surface area (Å²) in [5.41, 5.74) is 6.35. The highest BCUT2D eigenvalue weighted by Gasteiger charge is 2.16. The minimum absolute atomic E-state index is 0.00242. The fourth-order valence-electron chi connectivity index (χ4n) is 1.80. The van der Waals surface area contributed by atoms with Crippen LogP contribution in [0.4, 0.5) is 17.1 Å². The van der Waals surface area contributed by atoms with E-state index in [9.17, 15) is 14.9 Å². The summed E-state index contributed by atoms with van der Waals surface area (Å²) in [5.74, 6) is -0.254. The van der Waals surface area contributed by atoms with E-state index in [-0.39, 0.29) is 27.3 Å². The molecule has 2 aromatic rings. The number of nitrogen functional groups attached to an aromatic ring is 1. The number of carbonyl (C=O) groups excluding carboxylic acids is 1. The number of rotatable bonds is 5. The van der Waals surface area contributed by atoms with Crippen LogP contribution in [0.15, 0.2) is 41.3 Å². The van der Waals surface area contributed by atoms with E-state index in [0.29, 0.717) is 5.69 Å². The number of hydrogen-bond acceptors (Lipinski definition) is 5. The fourth-order valence-corrected chi connectivity index (χ4v) is 3.16. The van der Waals surface area contributed by atoms with Crippen LogP contribution in [0.2, 0.25) is 10.0 Å². The molecule has 0 spiro atoms. The molecule has 24 heavy (non-hydrogen) atoms. The maximum atomic E-state index is 12.2. The SMILES string of the molecule is CC(Sc1ccc([N+](=O)[O-])cc1)C(=O)Nc1cc(Cl)c(N)c(Cl)c1. The Bertz CT molecular complexity index is 761. The molecule has 3 N–H and O–H groups in total. The molecule has 126 valence electrons. The molecule has 2 aromatic carbocycles. The summed E-state index contributed by atoms with van der Waals surface area (Å²) in [6, 6.07) is 9.03. The fraction of sp³-hybridized carbons (Fsp3) is 0.133. The van der Waals surface area contributed by atoms with Crippen LogP contribution in [0.25, 0.3) is 0 Å². The Morgan fingerprint density at radius 2 is 1.79 bits per heavy atom. The molecule has 0 aromatic heterocycles. The first-order valence-corrected chi connectivity index (χ1v) is 8.38. The number of carbonyl (C=O) groups is 1. The Kier molecular flexibility index (Phi) is 5.93. The van der Waals surface area contributed by atoms with E-state index in [4.69, 9.17) is 28.9 Å². The van der Waals surface area contributed by atoms with Gasteiger partial charge in [0.05, 0.1) is 25.9 Å². The first-order chi connectivity index (χ1) is 11.3. The van der Waals surface area contributed by atoms with Gasteiger partial charge in [-0.2, -0.15) is 0 Å². The molecular formula is C15H13Cl2N3O3S. The molecule has 0 radical (unpaired) electrons. The van der Waals surface area contributed by atoms with Crippen LogP contribution in [0.1, 0.15) is 6.92 Å². The summed E-state index contributed by atoms with van der Waals surface area (Å²) in [7, 11) is 0. The van der Waals surface area contributed by atoms with E-state index < -0.39 is 10.2 Å². The molecule has 0 heterocycles. The van der Waals surface area contributed by atoms with Crippen molar-refractivity contribution < 1.29 is 9.72 Å². The van der Waals surface area contributed by atoms with Gasteiger partial charge in [0, 0.05) is 22.7 Å². The number of nitro groups is 1. The standard InChI is InChI=1S/C15H13Cl2N3O3S/c1-8(24-11-4-2-10(3-5-11)20(22)23)15(21)19-9-6-12(16)14(18)13(17)7-9/h2-8H,18H2,1H3,(H,19,21). The van der Waals surface area contributed by atoms with E-state index >= 15 is 0 Å². The van der Waals surface area contributed by atoms with Gasteiger partial charge in [0.1, 0.15) is 0 Å². The number of non-ortho nitro benzene ring substituents is 1. The highest BCUT2D eigenvalue weighted by Crippen LogP contribution is 2.32. The third-order valence-corrected chi connectivity index (χ3v) is 4.81. The molecule has 0 saturated carbocycles. The minimum Gasteiger partial charge on any atom is -0.396 e. The zero-order valence-corrected chi connectivity index (χ0v) is 14.8. The first kappa shape index (κ1) is 18.4. The molecule has 1 atom stereocenters. The van der Waals surface area contributed by atoms with Gasteiger partial charge < -0.3 is 11.1 Å². The largest absolute Gasteiger partial charge is 0.396 e. The summed E-state index contributed by atoms with van der Waals surface area (Å²) in [6.07, 6.45) is 0. The molecule has 1 amide bonds. The van der Waals surface area contributed by atoms with Gasteiger partial charge in [-0.05, 0) is 31.2 Å². The highest BCUT2D eigenvalue weighted by atomic mass is 35.5. The molecule has 0 bridgehead atoms. The highest BCUT2D eigenvalue weighted by molar-refractivity contribution is 8.00. The Morgan fingerprint density at radius 1 is 1.25 bits per heavy atom. The van der Waals surface area contributed by atoms with Gasteiger partial charge in [-0.25, -0.2) is 0 Å². The summed E-state index contributed by atoms with van der Waals surface area (Å²) in [5, 5.41) is 13.4. The second-order valence-electron chi connectivity index (χ2n) is 4.85. The van der Waals surface area contributed by atoms with Crippen molar-refractivity contribution in [3.63, 3.8) is 0 Å². The summed E-state index contributed by atoms with van der Waals surface area (Å²) in [4.78, 5) is 23.1. The predicted molar refractivity (Wildman–Crippen MR) is 97.9 cm³/mol. The molecule has 0 aliphatic carbocycles. The average molecular weight is 386 g/mol. The van der Waals surface area contributed by atoms with Crippen LogP contribution in [0, 0.1) is 10.1 Å². The van der Waals surface area contributed by atoms with Crippen molar-refractivity contribution in [3.05, 3.63) is 56.6 Å². The number of hydrogen-bond donors (Lipinski definition) is 2. The lowest BCUT2D eigenvalue weighted by Gasteiger charge is -2.13. The van der Waals surface area contributed by atoms with Crippen molar-refractivity contribution in [1.29, 1.82) is 0 Å². The number of nitro benzene ring substituents is 1. The predicted octanol–water partition coefficient (Wildman–Crippen LogP) is 4.60. The van der Waals surface area contributed by atoms with Crippen molar-refractivity contribution in [3.8, 4) is 0 Å². The normalized spacial score (nSPS) is 11.8.